The molecule has 0 aromatic heterocycles. The molecule has 2 N–H and O–H groups in total. The number of ether oxygens (including phenoxy) is 2. The van der Waals surface area contributed by atoms with Crippen LogP contribution in [0.2, 0.25) is 0 Å². The molecule has 0 aliphatic carbocycles. The molecule has 1 aromatic carbocycles. The molecule has 100 valence electrons. The summed E-state index contributed by atoms with van der Waals surface area (Å²) >= 11 is 0. The van der Waals surface area contributed by atoms with Gasteiger partial charge >= 0.3 is 0 Å². The van der Waals surface area contributed by atoms with E-state index in [1.165, 1.54) is 10.5 Å². The third-order valence-electron chi connectivity index (χ3n) is 3.16. The first kappa shape index (κ1) is 13.3. The zero-order valence-electron chi connectivity index (χ0n) is 10.9. The molecule has 0 saturated carbocycles. The van der Waals surface area contributed by atoms with Crippen molar-refractivity contribution in [1.29, 1.82) is 0 Å². The molecule has 0 amide bonds. The second-order valence-electron chi connectivity index (χ2n) is 4.85. The molecule has 4 nitrogen and oxygen atoms in total. The number of benzene rings is 1. The van der Waals surface area contributed by atoms with E-state index in [4.69, 9.17) is 9.47 Å². The Morgan fingerprint density at radius 1 is 1.39 bits per heavy atom. The zero-order chi connectivity index (χ0) is 12.8. The van der Waals surface area contributed by atoms with Gasteiger partial charge in [-0.2, -0.15) is 0 Å². The lowest BCUT2D eigenvalue weighted by atomic mass is 10.2. The maximum Gasteiger partial charge on any atom is 0.137 e. The Morgan fingerprint density at radius 2 is 2.17 bits per heavy atom. The minimum Gasteiger partial charge on any atom is -0.491 e. The molecular formula is C14H22NO3+. The maximum absolute atomic E-state index is 9.95. The number of morpholine rings is 1. The molecule has 1 atom stereocenters. The van der Waals surface area contributed by atoms with Crippen molar-refractivity contribution in [2.75, 3.05) is 39.5 Å². The van der Waals surface area contributed by atoms with Crippen LogP contribution in [-0.4, -0.2) is 50.7 Å². The Morgan fingerprint density at radius 3 is 2.89 bits per heavy atom. The van der Waals surface area contributed by atoms with Crippen molar-refractivity contribution in [2.45, 2.75) is 13.0 Å². The van der Waals surface area contributed by atoms with E-state index in [1.807, 2.05) is 31.2 Å². The number of aryl methyl sites for hydroxylation is 1. The first-order valence-electron chi connectivity index (χ1n) is 6.53. The molecule has 0 spiro atoms. The molecule has 18 heavy (non-hydrogen) atoms. The zero-order valence-corrected chi connectivity index (χ0v) is 10.9. The van der Waals surface area contributed by atoms with Crippen LogP contribution >= 0.6 is 0 Å². The van der Waals surface area contributed by atoms with Gasteiger partial charge in [-0.3, -0.25) is 0 Å². The Kier molecular flexibility index (Phi) is 4.99. The van der Waals surface area contributed by atoms with Crippen LogP contribution < -0.4 is 9.64 Å². The highest BCUT2D eigenvalue weighted by molar-refractivity contribution is 5.27. The molecule has 0 radical (unpaired) electrons. The number of hydrogen-bond acceptors (Lipinski definition) is 3. The Hall–Kier alpha value is -1.10. The third-order valence-corrected chi connectivity index (χ3v) is 3.16. The average molecular weight is 252 g/mol. The van der Waals surface area contributed by atoms with Crippen LogP contribution in [0, 0.1) is 6.92 Å². The van der Waals surface area contributed by atoms with Crippen LogP contribution in [0.3, 0.4) is 0 Å². The van der Waals surface area contributed by atoms with Gasteiger partial charge < -0.3 is 19.5 Å². The number of aliphatic hydroxyl groups excluding tert-OH is 1. The van der Waals surface area contributed by atoms with Crippen LogP contribution in [0.5, 0.6) is 5.75 Å². The number of hydrogen-bond donors (Lipinski definition) is 2. The van der Waals surface area contributed by atoms with Gasteiger partial charge in [-0.05, 0) is 24.6 Å². The minimum absolute atomic E-state index is 0.355. The van der Waals surface area contributed by atoms with Gasteiger partial charge in [0.2, 0.25) is 0 Å². The topological polar surface area (TPSA) is 43.1 Å². The first-order valence-corrected chi connectivity index (χ1v) is 6.53. The predicted molar refractivity (Wildman–Crippen MR) is 69.1 cm³/mol. The fourth-order valence-electron chi connectivity index (χ4n) is 2.15. The molecular weight excluding hydrogens is 230 g/mol. The van der Waals surface area contributed by atoms with E-state index in [1.54, 1.807) is 0 Å². The number of nitrogens with one attached hydrogen (secondary N) is 1. The van der Waals surface area contributed by atoms with Gasteiger partial charge in [0, 0.05) is 0 Å². The van der Waals surface area contributed by atoms with Crippen molar-refractivity contribution in [2.24, 2.45) is 0 Å². The van der Waals surface area contributed by atoms with Crippen molar-refractivity contribution in [3.05, 3.63) is 29.8 Å². The highest BCUT2D eigenvalue weighted by atomic mass is 16.5. The van der Waals surface area contributed by atoms with Gasteiger partial charge in [0.05, 0.1) is 13.2 Å². The van der Waals surface area contributed by atoms with Crippen molar-refractivity contribution in [3.63, 3.8) is 0 Å². The quantitative estimate of drug-likeness (QED) is 0.753. The molecule has 4 heteroatoms. The van der Waals surface area contributed by atoms with Crippen molar-refractivity contribution >= 4 is 0 Å². The normalized spacial score (nSPS) is 18.6. The van der Waals surface area contributed by atoms with Crippen LogP contribution in [-0.2, 0) is 4.74 Å². The summed E-state index contributed by atoms with van der Waals surface area (Å²) in [5.41, 5.74) is 1.17. The van der Waals surface area contributed by atoms with Gasteiger partial charge in [0.15, 0.2) is 0 Å². The summed E-state index contributed by atoms with van der Waals surface area (Å²) < 4.78 is 10.9. The van der Waals surface area contributed by atoms with Crippen molar-refractivity contribution in [3.8, 4) is 5.75 Å². The molecule has 2 rings (SSSR count). The molecule has 1 fully saturated rings. The Labute approximate surface area is 108 Å². The van der Waals surface area contributed by atoms with Crippen molar-refractivity contribution < 1.29 is 19.5 Å². The average Bonchev–Trinajstić information content (AvgIpc) is 2.38. The number of aliphatic hydroxyl groups is 1. The van der Waals surface area contributed by atoms with Gasteiger partial charge in [0.25, 0.3) is 0 Å². The van der Waals surface area contributed by atoms with Gasteiger partial charge in [-0.15, -0.1) is 0 Å². The summed E-state index contributed by atoms with van der Waals surface area (Å²) in [4.78, 5) is 1.39. The second-order valence-corrected chi connectivity index (χ2v) is 4.85. The van der Waals surface area contributed by atoms with Crippen LogP contribution in [0.1, 0.15) is 5.56 Å². The van der Waals surface area contributed by atoms with E-state index in [-0.39, 0.29) is 0 Å². The number of rotatable bonds is 5. The first-order chi connectivity index (χ1) is 8.74. The van der Waals surface area contributed by atoms with Crippen LogP contribution in [0.25, 0.3) is 0 Å². The minimum atomic E-state index is -0.418. The van der Waals surface area contributed by atoms with Gasteiger partial charge in [-0.25, -0.2) is 0 Å². The summed E-state index contributed by atoms with van der Waals surface area (Å²) in [7, 11) is 0. The van der Waals surface area contributed by atoms with E-state index in [9.17, 15) is 5.11 Å². The lowest BCUT2D eigenvalue weighted by Crippen LogP contribution is -3.15. The molecule has 0 bridgehead atoms. The molecule has 1 saturated heterocycles. The smallest absolute Gasteiger partial charge is 0.137 e. The predicted octanol–water partition coefficient (Wildman–Crippen LogP) is -0.350. The highest BCUT2D eigenvalue weighted by Gasteiger charge is 2.18. The molecule has 1 aliphatic heterocycles. The summed E-state index contributed by atoms with van der Waals surface area (Å²) in [6.07, 6.45) is -0.418. The maximum atomic E-state index is 9.95. The largest absolute Gasteiger partial charge is 0.491 e. The van der Waals surface area contributed by atoms with Crippen molar-refractivity contribution in [1.82, 2.24) is 0 Å². The number of quaternary nitrogens is 1. The second kappa shape index (κ2) is 6.73. The van der Waals surface area contributed by atoms with Crippen LogP contribution in [0.4, 0.5) is 0 Å². The summed E-state index contributed by atoms with van der Waals surface area (Å²) in [5, 5.41) is 9.95. The molecule has 0 unspecified atom stereocenters. The molecule has 1 heterocycles. The van der Waals surface area contributed by atoms with E-state index in [0.29, 0.717) is 6.61 Å². The summed E-state index contributed by atoms with van der Waals surface area (Å²) in [5.74, 6) is 0.825. The lowest BCUT2D eigenvalue weighted by molar-refractivity contribution is -0.911. The fourth-order valence-corrected chi connectivity index (χ4v) is 2.15. The van der Waals surface area contributed by atoms with E-state index in [0.717, 1.165) is 38.6 Å². The third kappa shape index (κ3) is 4.29. The molecule has 1 aromatic rings. The lowest BCUT2D eigenvalue weighted by Gasteiger charge is -2.25. The Balaban J connectivity index is 1.72. The fraction of sp³-hybridized carbons (Fsp3) is 0.571. The molecule has 1 aliphatic rings. The van der Waals surface area contributed by atoms with Crippen LogP contribution in [0.15, 0.2) is 24.3 Å². The van der Waals surface area contributed by atoms with E-state index >= 15 is 0 Å². The summed E-state index contributed by atoms with van der Waals surface area (Å²) in [6.45, 7) is 6.65. The van der Waals surface area contributed by atoms with E-state index < -0.39 is 6.10 Å². The van der Waals surface area contributed by atoms with Gasteiger partial charge in [-0.1, -0.05) is 12.1 Å². The highest BCUT2D eigenvalue weighted by Crippen LogP contribution is 2.12. The Bertz CT molecular complexity index is 364. The summed E-state index contributed by atoms with van der Waals surface area (Å²) in [6, 6.07) is 7.89. The van der Waals surface area contributed by atoms with Gasteiger partial charge in [0.1, 0.15) is 38.1 Å². The standard InChI is InChI=1S/C14H21NO3/c1-12-3-2-4-14(9-12)18-11-13(16)10-15-5-7-17-8-6-15/h2-4,9,13,16H,5-8,10-11H2,1H3/p+1/t13-/m1/s1. The monoisotopic (exact) mass is 252 g/mol. The van der Waals surface area contributed by atoms with E-state index in [2.05, 4.69) is 0 Å². The SMILES string of the molecule is Cc1cccc(OC[C@H](O)C[NH+]2CCOCC2)c1.